The largest absolute Gasteiger partial charge is 0.595 e. The van der Waals surface area contributed by atoms with Crippen molar-refractivity contribution in [3.05, 3.63) is 28.6 Å². The monoisotopic (exact) mass is 642 g/mol. The number of nitrogens with one attached hydrogen (secondary N) is 3. The number of hydrazone groups is 1. The third-order valence-corrected chi connectivity index (χ3v) is 14.9. The van der Waals surface area contributed by atoms with Crippen molar-refractivity contribution in [1.82, 2.24) is 0 Å². The summed E-state index contributed by atoms with van der Waals surface area (Å²) in [5.74, 6) is 2.24. The van der Waals surface area contributed by atoms with Crippen LogP contribution in [0.2, 0.25) is 0 Å². The number of rotatable bonds is 6. The first kappa shape index (κ1) is 34.2. The molecule has 11 atom stereocenters. The summed E-state index contributed by atoms with van der Waals surface area (Å²) in [6, 6.07) is 4.10. The Morgan fingerprint density at radius 3 is 2.17 bits per heavy atom. The van der Waals surface area contributed by atoms with Crippen LogP contribution in [0.15, 0.2) is 23.3 Å². The van der Waals surface area contributed by atoms with Crippen molar-refractivity contribution in [2.24, 2.45) is 50.4 Å². The number of nitrogens with zero attached hydrogens (tertiary/aromatic N) is 1. The van der Waals surface area contributed by atoms with E-state index in [-0.39, 0.29) is 44.7 Å². The van der Waals surface area contributed by atoms with Gasteiger partial charge in [-0.25, -0.2) is 10.4 Å². The second-order valence-corrected chi connectivity index (χ2v) is 17.7. The summed E-state index contributed by atoms with van der Waals surface area (Å²) in [5, 5.41) is 55.7. The van der Waals surface area contributed by atoms with E-state index in [0.29, 0.717) is 29.4 Å². The molecule has 258 valence electrons. The topological polar surface area (TPSA) is 149 Å². The van der Waals surface area contributed by atoms with Crippen molar-refractivity contribution >= 4 is 22.8 Å². The number of quaternary nitrogens is 2. The van der Waals surface area contributed by atoms with Gasteiger partial charge < -0.3 is 20.3 Å². The van der Waals surface area contributed by atoms with Crippen molar-refractivity contribution in [2.45, 2.75) is 137 Å². The molecule has 1 heterocycles. The quantitative estimate of drug-likeness (QED) is 0.220. The van der Waals surface area contributed by atoms with Gasteiger partial charge in [-0.3, -0.25) is 5.43 Å². The number of ether oxygens (including phenoxy) is 1. The second-order valence-electron chi connectivity index (χ2n) is 17.7. The van der Waals surface area contributed by atoms with Crippen molar-refractivity contribution in [1.29, 1.82) is 0 Å². The Labute approximate surface area is 274 Å². The molecular weight excluding hydrogens is 584 g/mol. The Hall–Kier alpha value is -1.63. The highest BCUT2D eigenvalue weighted by molar-refractivity contribution is 5.91. The second kappa shape index (κ2) is 11.2. The number of aliphatic hydroxyl groups is 1. The molecule has 1 aromatic rings. The molecule has 0 aromatic heterocycles. The summed E-state index contributed by atoms with van der Waals surface area (Å²) in [6.07, 6.45) is 11.0. The van der Waals surface area contributed by atoms with E-state index in [1.807, 2.05) is 13.8 Å². The maximum atomic E-state index is 11.9. The fourth-order valence-electron chi connectivity index (χ4n) is 12.2. The third-order valence-electron chi connectivity index (χ3n) is 14.9. The van der Waals surface area contributed by atoms with Gasteiger partial charge in [0.1, 0.15) is 5.69 Å². The first-order valence-electron chi connectivity index (χ1n) is 17.6. The molecule has 0 amide bonds. The number of benzene rings is 1. The number of fused-ring (bicyclic) bond motifs is 5. The zero-order chi connectivity index (χ0) is 33.7. The van der Waals surface area contributed by atoms with Crippen molar-refractivity contribution < 1.29 is 30.7 Å². The highest BCUT2D eigenvalue weighted by Gasteiger charge is 2.69. The molecule has 0 bridgehead atoms. The van der Waals surface area contributed by atoms with Crippen LogP contribution in [0.4, 0.5) is 17.1 Å². The van der Waals surface area contributed by atoms with E-state index in [4.69, 9.17) is 9.84 Å². The summed E-state index contributed by atoms with van der Waals surface area (Å²) in [5.41, 5.74) is 3.76. The van der Waals surface area contributed by atoms with Gasteiger partial charge in [0.05, 0.1) is 23.4 Å². The van der Waals surface area contributed by atoms with E-state index < -0.39 is 16.1 Å². The van der Waals surface area contributed by atoms with Gasteiger partial charge in [-0.2, -0.15) is 15.6 Å². The van der Waals surface area contributed by atoms with E-state index in [2.05, 4.69) is 47.0 Å². The van der Waals surface area contributed by atoms with Crippen LogP contribution in [0.1, 0.15) is 120 Å². The molecule has 10 nitrogen and oxygen atoms in total. The zero-order valence-electron chi connectivity index (χ0n) is 29.2. The van der Waals surface area contributed by atoms with Gasteiger partial charge in [-0.15, -0.1) is 0 Å². The Morgan fingerprint density at radius 1 is 0.848 bits per heavy atom. The van der Waals surface area contributed by atoms with E-state index in [1.54, 1.807) is 0 Å². The number of hydrogen-bond donors (Lipinski definition) is 6. The van der Waals surface area contributed by atoms with Crippen LogP contribution in [-0.4, -0.2) is 38.5 Å². The molecule has 0 radical (unpaired) electrons. The summed E-state index contributed by atoms with van der Waals surface area (Å²) in [7, 11) is 0. The highest BCUT2D eigenvalue weighted by Crippen LogP contribution is 2.76. The molecule has 5 fully saturated rings. The normalized spacial score (nSPS) is 44.3. The zero-order valence-corrected chi connectivity index (χ0v) is 29.2. The number of anilines is 1. The Balaban J connectivity index is 1.23. The molecule has 46 heavy (non-hydrogen) atoms. The first-order chi connectivity index (χ1) is 21.3. The van der Waals surface area contributed by atoms with Crippen LogP contribution in [0.3, 0.4) is 0 Å². The smallest absolute Gasteiger partial charge is 0.195 e. The van der Waals surface area contributed by atoms with E-state index in [1.165, 1.54) is 50.3 Å². The average Bonchev–Trinajstić information content (AvgIpc) is 3.54. The van der Waals surface area contributed by atoms with Crippen LogP contribution in [0.5, 0.6) is 0 Å². The predicted octanol–water partition coefficient (Wildman–Crippen LogP) is 5.66. The van der Waals surface area contributed by atoms with Gasteiger partial charge >= 0.3 is 0 Å². The maximum absolute atomic E-state index is 11.9. The molecule has 6 rings (SSSR count). The number of hydrogen-bond acceptors (Lipinski definition) is 8. The van der Waals surface area contributed by atoms with Crippen LogP contribution in [0.25, 0.3) is 0 Å². The summed E-state index contributed by atoms with van der Waals surface area (Å²) < 4.78 is 6.77. The Bertz CT molecular complexity index is 1360. The van der Waals surface area contributed by atoms with Crippen molar-refractivity contribution in [3.8, 4) is 0 Å². The minimum atomic E-state index is -1.18. The standard InChI is InChI=1S/C36H58N4O6/c1-31(2)27-14-19-35(7)28(12-10-23-24(13-18-34(23,35)6)36(8)20-16-30(46-36)32(3,4)41)33(27,5)17-15-29(31)38-37-25-11-9-22(39(42)43)21-26(25)40(44)45/h9,11,21,23-24,27-28,30,37,39-42,44H,10,12-20H2,1-8H3. The van der Waals surface area contributed by atoms with Gasteiger partial charge in [-0.05, 0) is 131 Å². The lowest BCUT2D eigenvalue weighted by Gasteiger charge is -2.69. The molecule has 11 unspecified atom stereocenters. The molecule has 1 aliphatic heterocycles. The molecule has 4 aliphatic carbocycles. The molecule has 0 spiro atoms. The van der Waals surface area contributed by atoms with Gasteiger partial charge in [0.25, 0.3) is 0 Å². The lowest BCUT2D eigenvalue weighted by Crippen LogP contribution is -3.00. The molecule has 4 saturated carbocycles. The SMILES string of the molecule is CC(C)(O)C1CCC(C)(C2CCC3(C)C2CCC2C4(C)CCC(=NNc5ccc([NH+]([O-])O)cc5[NH+]([O-])O)C(C)(C)C4CCC23C)O1. The van der Waals surface area contributed by atoms with Crippen molar-refractivity contribution in [2.75, 3.05) is 5.43 Å². The summed E-state index contributed by atoms with van der Waals surface area (Å²) in [4.78, 5) is 0. The molecule has 1 aromatic carbocycles. The molecule has 10 heteroatoms. The molecule has 1 saturated heterocycles. The lowest BCUT2D eigenvalue weighted by molar-refractivity contribution is -0.996. The van der Waals surface area contributed by atoms with Crippen LogP contribution in [-0.2, 0) is 4.74 Å². The van der Waals surface area contributed by atoms with E-state index in [0.717, 1.165) is 37.8 Å². The van der Waals surface area contributed by atoms with Gasteiger partial charge in [0, 0.05) is 17.2 Å². The highest BCUT2D eigenvalue weighted by atomic mass is 16.8. The molecular formula is C36H58N4O6. The molecule has 6 N–H and O–H groups in total. The van der Waals surface area contributed by atoms with Crippen LogP contribution in [0, 0.1) is 55.7 Å². The average molecular weight is 643 g/mol. The van der Waals surface area contributed by atoms with Gasteiger partial charge in [-0.1, -0.05) is 34.6 Å². The maximum Gasteiger partial charge on any atom is 0.195 e. The summed E-state index contributed by atoms with van der Waals surface area (Å²) >= 11 is 0. The lowest BCUT2D eigenvalue weighted by atomic mass is 9.35. The Morgan fingerprint density at radius 2 is 1.54 bits per heavy atom. The minimum Gasteiger partial charge on any atom is -0.595 e. The fraction of sp³-hybridized carbons (Fsp3) is 0.806. The van der Waals surface area contributed by atoms with E-state index in [9.17, 15) is 25.9 Å². The van der Waals surface area contributed by atoms with Gasteiger partial charge in [0.2, 0.25) is 0 Å². The Kier molecular flexibility index (Phi) is 8.34. The first-order valence-corrected chi connectivity index (χ1v) is 17.6. The van der Waals surface area contributed by atoms with E-state index >= 15 is 0 Å². The molecule has 5 aliphatic rings. The van der Waals surface area contributed by atoms with Crippen molar-refractivity contribution in [3.63, 3.8) is 0 Å². The van der Waals surface area contributed by atoms with Crippen LogP contribution >= 0.6 is 0 Å². The third kappa shape index (κ3) is 5.09. The van der Waals surface area contributed by atoms with Gasteiger partial charge in [0.15, 0.2) is 11.4 Å². The fourth-order valence-corrected chi connectivity index (χ4v) is 12.2. The van der Waals surface area contributed by atoms with Crippen LogP contribution < -0.4 is 15.9 Å². The predicted molar refractivity (Wildman–Crippen MR) is 177 cm³/mol. The minimum absolute atomic E-state index is 0.0604. The summed E-state index contributed by atoms with van der Waals surface area (Å²) in [6.45, 7) is 18.5.